The number of nitrogens with zero attached hydrogens (tertiary/aromatic N) is 1. The van der Waals surface area contributed by atoms with Crippen molar-refractivity contribution in [3.63, 3.8) is 0 Å². The molecule has 2 aromatic heterocycles. The van der Waals surface area contributed by atoms with Crippen LogP contribution >= 0.6 is 11.3 Å². The summed E-state index contributed by atoms with van der Waals surface area (Å²) in [5, 5.41) is 2.97. The van der Waals surface area contributed by atoms with Crippen molar-refractivity contribution in [1.29, 1.82) is 0 Å². The summed E-state index contributed by atoms with van der Waals surface area (Å²) in [5.41, 5.74) is 4.42. The second-order valence-electron chi connectivity index (χ2n) is 7.21. The molecule has 0 bridgehead atoms. The van der Waals surface area contributed by atoms with Gasteiger partial charge in [0.1, 0.15) is 11.3 Å². The Kier molecular flexibility index (Phi) is 5.13. The van der Waals surface area contributed by atoms with Crippen LogP contribution in [0.4, 0.5) is 0 Å². The highest BCUT2D eigenvalue weighted by Crippen LogP contribution is 2.29. The standard InChI is InChI=1S/C26H17NO4S/c1-16(28)30-21-12-11-20-13-24(31-23(20)14-21)25(29)26-27-22(15-32-26)19-9-7-18(8-10-19)17-5-3-2-4-6-17/h2-15H,1H3. The van der Waals surface area contributed by atoms with Gasteiger partial charge in [0.05, 0.1) is 5.69 Å². The van der Waals surface area contributed by atoms with Gasteiger partial charge in [-0.1, -0.05) is 54.6 Å². The number of aromatic nitrogens is 1. The Morgan fingerprint density at radius 3 is 2.34 bits per heavy atom. The summed E-state index contributed by atoms with van der Waals surface area (Å²) in [6, 6.07) is 24.9. The number of thiazole rings is 1. The van der Waals surface area contributed by atoms with Crippen LogP contribution in [-0.2, 0) is 4.79 Å². The molecule has 3 aromatic carbocycles. The van der Waals surface area contributed by atoms with E-state index in [0.29, 0.717) is 16.3 Å². The quantitative estimate of drug-likeness (QED) is 0.181. The molecule has 0 amide bonds. The normalized spacial score (nSPS) is 10.9. The second-order valence-corrected chi connectivity index (χ2v) is 8.07. The van der Waals surface area contributed by atoms with Gasteiger partial charge in [-0.15, -0.1) is 11.3 Å². The lowest BCUT2D eigenvalue weighted by atomic mass is 10.0. The van der Waals surface area contributed by atoms with Crippen molar-refractivity contribution in [2.75, 3.05) is 0 Å². The van der Waals surface area contributed by atoms with Crippen LogP contribution in [0.2, 0.25) is 0 Å². The van der Waals surface area contributed by atoms with E-state index in [9.17, 15) is 9.59 Å². The van der Waals surface area contributed by atoms with E-state index in [0.717, 1.165) is 27.8 Å². The Balaban J connectivity index is 1.38. The monoisotopic (exact) mass is 439 g/mol. The molecule has 0 N–H and O–H groups in total. The number of rotatable bonds is 5. The number of benzene rings is 3. The maximum atomic E-state index is 12.9. The number of fused-ring (bicyclic) bond motifs is 1. The molecule has 156 valence electrons. The molecule has 0 aliphatic rings. The second kappa shape index (κ2) is 8.24. The van der Waals surface area contributed by atoms with Crippen molar-refractivity contribution in [2.24, 2.45) is 0 Å². The van der Waals surface area contributed by atoms with Gasteiger partial charge in [0.15, 0.2) is 10.8 Å². The van der Waals surface area contributed by atoms with Crippen LogP contribution in [0.1, 0.15) is 22.5 Å². The van der Waals surface area contributed by atoms with E-state index < -0.39 is 5.97 Å². The first-order chi connectivity index (χ1) is 15.6. The Morgan fingerprint density at radius 1 is 0.875 bits per heavy atom. The summed E-state index contributed by atoms with van der Waals surface area (Å²) in [6.07, 6.45) is 0. The summed E-state index contributed by atoms with van der Waals surface area (Å²) >= 11 is 1.28. The molecule has 0 aliphatic heterocycles. The predicted molar refractivity (Wildman–Crippen MR) is 124 cm³/mol. The number of ketones is 1. The largest absolute Gasteiger partial charge is 0.452 e. The van der Waals surface area contributed by atoms with Crippen molar-refractivity contribution in [3.8, 4) is 28.1 Å². The zero-order chi connectivity index (χ0) is 22.1. The fourth-order valence-corrected chi connectivity index (χ4v) is 4.20. The molecule has 5 aromatic rings. The van der Waals surface area contributed by atoms with Crippen molar-refractivity contribution < 1.29 is 18.7 Å². The Labute approximate surface area is 187 Å². The lowest BCUT2D eigenvalue weighted by Gasteiger charge is -2.02. The van der Waals surface area contributed by atoms with Crippen LogP contribution in [0.5, 0.6) is 5.75 Å². The highest BCUT2D eigenvalue weighted by atomic mass is 32.1. The summed E-state index contributed by atoms with van der Waals surface area (Å²) < 4.78 is 10.8. The number of carbonyl (C=O) groups excluding carboxylic acids is 2. The Bertz CT molecular complexity index is 1430. The zero-order valence-electron chi connectivity index (χ0n) is 17.1. The van der Waals surface area contributed by atoms with Gasteiger partial charge in [-0.2, -0.15) is 0 Å². The molecule has 0 unspecified atom stereocenters. The first-order valence-electron chi connectivity index (χ1n) is 9.95. The van der Waals surface area contributed by atoms with Crippen molar-refractivity contribution in [2.45, 2.75) is 6.92 Å². The van der Waals surface area contributed by atoms with Crippen molar-refractivity contribution >= 4 is 34.1 Å². The maximum Gasteiger partial charge on any atom is 0.308 e. The van der Waals surface area contributed by atoms with E-state index in [1.807, 2.05) is 47.8 Å². The predicted octanol–water partition coefficient (Wildman–Crippen LogP) is 6.38. The molecule has 32 heavy (non-hydrogen) atoms. The van der Waals surface area contributed by atoms with Crippen LogP contribution < -0.4 is 4.74 Å². The molecule has 2 heterocycles. The van der Waals surface area contributed by atoms with Gasteiger partial charge in [-0.25, -0.2) is 4.98 Å². The Hall–Kier alpha value is -4.03. The van der Waals surface area contributed by atoms with E-state index in [1.165, 1.54) is 18.3 Å². The minimum Gasteiger partial charge on any atom is -0.452 e. The maximum absolute atomic E-state index is 12.9. The Morgan fingerprint density at radius 2 is 1.59 bits per heavy atom. The third-order valence-electron chi connectivity index (χ3n) is 4.96. The van der Waals surface area contributed by atoms with Gasteiger partial charge in [0.2, 0.25) is 0 Å². The fraction of sp³-hybridized carbons (Fsp3) is 0.0385. The average molecular weight is 439 g/mol. The summed E-state index contributed by atoms with van der Waals surface area (Å²) in [5.74, 6) is -0.138. The lowest BCUT2D eigenvalue weighted by molar-refractivity contribution is -0.131. The third kappa shape index (κ3) is 3.96. The molecule has 0 atom stereocenters. The third-order valence-corrected chi connectivity index (χ3v) is 5.80. The number of esters is 1. The molecular weight excluding hydrogens is 422 g/mol. The van der Waals surface area contributed by atoms with Crippen LogP contribution in [0, 0.1) is 0 Å². The van der Waals surface area contributed by atoms with Gasteiger partial charge < -0.3 is 9.15 Å². The minimum atomic E-state index is -0.417. The van der Waals surface area contributed by atoms with Crippen molar-refractivity contribution in [3.05, 3.63) is 95.0 Å². The molecule has 5 rings (SSSR count). The molecule has 0 fully saturated rings. The number of carbonyl (C=O) groups is 2. The van der Waals surface area contributed by atoms with E-state index in [4.69, 9.17) is 9.15 Å². The molecule has 0 aliphatic carbocycles. The van der Waals surface area contributed by atoms with Crippen LogP contribution in [0.25, 0.3) is 33.4 Å². The van der Waals surface area contributed by atoms with Crippen LogP contribution in [0.15, 0.2) is 88.7 Å². The number of hydrogen-bond donors (Lipinski definition) is 0. The molecule has 0 radical (unpaired) electrons. The molecule has 6 heteroatoms. The molecule has 0 saturated carbocycles. The molecule has 0 saturated heterocycles. The van der Waals surface area contributed by atoms with E-state index in [-0.39, 0.29) is 11.5 Å². The molecule has 0 spiro atoms. The minimum absolute atomic E-state index is 0.195. The van der Waals surface area contributed by atoms with Gasteiger partial charge >= 0.3 is 5.97 Å². The molecule has 5 nitrogen and oxygen atoms in total. The van der Waals surface area contributed by atoms with Crippen LogP contribution in [-0.4, -0.2) is 16.7 Å². The summed E-state index contributed by atoms with van der Waals surface area (Å²) in [7, 11) is 0. The van der Waals surface area contributed by atoms with Gasteiger partial charge in [0, 0.05) is 29.3 Å². The van der Waals surface area contributed by atoms with E-state index in [2.05, 4.69) is 17.1 Å². The van der Waals surface area contributed by atoms with Gasteiger partial charge in [-0.05, 0) is 29.3 Å². The SMILES string of the molecule is CC(=O)Oc1ccc2cc(C(=O)c3nc(-c4ccc(-c5ccccc5)cc4)cs3)oc2c1. The first kappa shape index (κ1) is 19.9. The average Bonchev–Trinajstić information content (AvgIpc) is 3.46. The van der Waals surface area contributed by atoms with Gasteiger partial charge in [-0.3, -0.25) is 9.59 Å². The lowest BCUT2D eigenvalue weighted by Crippen LogP contribution is -2.00. The fourth-order valence-electron chi connectivity index (χ4n) is 3.43. The number of furan rings is 1. The zero-order valence-corrected chi connectivity index (χ0v) is 17.9. The first-order valence-corrected chi connectivity index (χ1v) is 10.8. The number of hydrogen-bond acceptors (Lipinski definition) is 6. The van der Waals surface area contributed by atoms with E-state index >= 15 is 0 Å². The highest BCUT2D eigenvalue weighted by molar-refractivity contribution is 7.12. The molecular formula is C26H17NO4S. The summed E-state index contributed by atoms with van der Waals surface area (Å²) in [6.45, 7) is 1.33. The topological polar surface area (TPSA) is 69.4 Å². The van der Waals surface area contributed by atoms with E-state index in [1.54, 1.807) is 24.3 Å². The van der Waals surface area contributed by atoms with Crippen molar-refractivity contribution in [1.82, 2.24) is 4.98 Å². The summed E-state index contributed by atoms with van der Waals surface area (Å²) in [4.78, 5) is 28.6. The highest BCUT2D eigenvalue weighted by Gasteiger charge is 2.19. The number of ether oxygens (including phenoxy) is 1. The van der Waals surface area contributed by atoms with Gasteiger partial charge in [0.25, 0.3) is 5.78 Å². The smallest absolute Gasteiger partial charge is 0.308 e. The van der Waals surface area contributed by atoms with Crippen LogP contribution in [0.3, 0.4) is 0 Å².